The molecule has 4 rings (SSSR count). The van der Waals surface area contributed by atoms with Gasteiger partial charge in [-0.2, -0.15) is 14.8 Å². The van der Waals surface area contributed by atoms with Crippen LogP contribution in [0.4, 0.5) is 10.2 Å². The van der Waals surface area contributed by atoms with Crippen LogP contribution in [0.15, 0.2) is 54.7 Å². The lowest BCUT2D eigenvalue weighted by atomic mass is 9.78. The van der Waals surface area contributed by atoms with Gasteiger partial charge in [0.1, 0.15) is 17.3 Å². The maximum atomic E-state index is 13.4. The highest BCUT2D eigenvalue weighted by Crippen LogP contribution is 2.17. The summed E-state index contributed by atoms with van der Waals surface area (Å²) in [6.07, 6.45) is 1.45. The van der Waals surface area contributed by atoms with E-state index < -0.39 is 13.0 Å². The largest absolute Gasteiger partial charge is 0.489 e. The Balaban J connectivity index is 1.74. The Morgan fingerprint density at radius 1 is 1.17 bits per heavy atom. The maximum absolute atomic E-state index is 13.4. The Hall–Kier alpha value is -3.83. The van der Waals surface area contributed by atoms with E-state index in [0.717, 1.165) is 0 Å². The van der Waals surface area contributed by atoms with Crippen molar-refractivity contribution in [1.82, 2.24) is 19.7 Å². The molecule has 0 aliphatic heterocycles. The van der Waals surface area contributed by atoms with E-state index in [-0.39, 0.29) is 29.5 Å². The van der Waals surface area contributed by atoms with Crippen molar-refractivity contribution in [3.05, 3.63) is 71.8 Å². The van der Waals surface area contributed by atoms with Crippen molar-refractivity contribution in [2.24, 2.45) is 5.73 Å². The van der Waals surface area contributed by atoms with Gasteiger partial charge in [0.05, 0.1) is 11.7 Å². The molecular weight excluding hydrogens is 390 g/mol. The minimum atomic E-state index is -1.67. The third-order valence-corrected chi connectivity index (χ3v) is 4.44. The molecule has 5 N–H and O–H groups in total. The number of aromatic nitrogens is 4. The monoisotopic (exact) mass is 406 g/mol. The van der Waals surface area contributed by atoms with Gasteiger partial charge in [0.15, 0.2) is 0 Å². The first-order chi connectivity index (χ1) is 14.4. The predicted molar refractivity (Wildman–Crippen MR) is 109 cm³/mol. The second-order valence-electron chi connectivity index (χ2n) is 6.50. The van der Waals surface area contributed by atoms with Crippen LogP contribution in [0.5, 0.6) is 0 Å². The molecule has 0 radical (unpaired) electrons. The number of carbonyl (C=O) groups is 1. The van der Waals surface area contributed by atoms with Crippen LogP contribution in [0.1, 0.15) is 16.1 Å². The SMILES string of the molecule is NC(=O)c1cc(NCc2cccc(F)c2)nc(-n2ncc3c(B(O)O)cccc32)n1. The standard InChI is InChI=1S/C19H16BFN6O3/c21-12-4-1-3-11(7-12)9-23-17-8-15(18(22)28)25-19(26-17)27-16-6-2-5-14(20(29)30)13(16)10-24-27/h1-8,10,29-30H,9H2,(H2,22,28)(H,23,25,26). The minimum Gasteiger partial charge on any atom is -0.423 e. The van der Waals surface area contributed by atoms with Crippen LogP contribution in [0.2, 0.25) is 0 Å². The summed E-state index contributed by atoms with van der Waals surface area (Å²) in [6.45, 7) is 0.257. The molecule has 0 fully saturated rings. The minimum absolute atomic E-state index is 0.0382. The van der Waals surface area contributed by atoms with Crippen LogP contribution in [0.3, 0.4) is 0 Å². The third kappa shape index (κ3) is 3.84. The highest BCUT2D eigenvalue weighted by Gasteiger charge is 2.19. The molecule has 0 saturated heterocycles. The summed E-state index contributed by atoms with van der Waals surface area (Å²) in [5.41, 5.74) is 6.84. The summed E-state index contributed by atoms with van der Waals surface area (Å²) in [5.74, 6) is -0.761. The third-order valence-electron chi connectivity index (χ3n) is 4.44. The molecule has 0 bridgehead atoms. The number of hydrogen-bond acceptors (Lipinski definition) is 7. The van der Waals surface area contributed by atoms with E-state index in [1.54, 1.807) is 30.3 Å². The molecule has 0 saturated carbocycles. The number of nitrogens with one attached hydrogen (secondary N) is 1. The van der Waals surface area contributed by atoms with E-state index in [1.165, 1.54) is 29.1 Å². The molecule has 0 spiro atoms. The summed E-state index contributed by atoms with van der Waals surface area (Å²) >= 11 is 0. The molecule has 150 valence electrons. The van der Waals surface area contributed by atoms with Crippen LogP contribution in [-0.2, 0) is 6.54 Å². The van der Waals surface area contributed by atoms with E-state index in [0.29, 0.717) is 22.3 Å². The van der Waals surface area contributed by atoms with Gasteiger partial charge in [-0.05, 0) is 29.2 Å². The first-order valence-corrected chi connectivity index (χ1v) is 8.93. The predicted octanol–water partition coefficient (Wildman–Crippen LogP) is 0.345. The number of nitrogens with zero attached hydrogens (tertiary/aromatic N) is 4. The summed E-state index contributed by atoms with van der Waals surface area (Å²) in [5, 5.41) is 26.8. The average molecular weight is 406 g/mol. The molecule has 1 amide bonds. The van der Waals surface area contributed by atoms with Crippen molar-refractivity contribution in [2.45, 2.75) is 6.54 Å². The number of carbonyl (C=O) groups excluding carboxylic acids is 1. The topological polar surface area (TPSA) is 139 Å². The van der Waals surface area contributed by atoms with Crippen LogP contribution < -0.4 is 16.5 Å². The van der Waals surface area contributed by atoms with Gasteiger partial charge in [0.2, 0.25) is 0 Å². The number of amides is 1. The Morgan fingerprint density at radius 3 is 2.70 bits per heavy atom. The maximum Gasteiger partial charge on any atom is 0.489 e. The number of rotatable bonds is 6. The fraction of sp³-hybridized carbons (Fsp3) is 0.0526. The summed E-state index contributed by atoms with van der Waals surface area (Å²) < 4.78 is 14.8. The number of fused-ring (bicyclic) bond motifs is 1. The van der Waals surface area contributed by atoms with Crippen molar-refractivity contribution in [1.29, 1.82) is 0 Å². The van der Waals surface area contributed by atoms with E-state index >= 15 is 0 Å². The fourth-order valence-electron chi connectivity index (χ4n) is 3.04. The number of nitrogens with two attached hydrogens (primary N) is 1. The normalized spacial score (nSPS) is 10.9. The van der Waals surface area contributed by atoms with Crippen LogP contribution in [-0.4, -0.2) is 42.8 Å². The van der Waals surface area contributed by atoms with E-state index in [4.69, 9.17) is 5.73 Å². The molecular formula is C19H16BFN6O3. The number of benzene rings is 2. The molecule has 30 heavy (non-hydrogen) atoms. The van der Waals surface area contributed by atoms with Crippen molar-refractivity contribution in [3.8, 4) is 5.95 Å². The number of hydrogen-bond donors (Lipinski definition) is 4. The fourth-order valence-corrected chi connectivity index (χ4v) is 3.04. The Labute approximate surface area is 170 Å². The quantitative estimate of drug-likeness (QED) is 0.339. The Bertz CT molecular complexity index is 1250. The van der Waals surface area contributed by atoms with E-state index in [2.05, 4.69) is 20.4 Å². The zero-order chi connectivity index (χ0) is 21.3. The van der Waals surface area contributed by atoms with Crippen molar-refractivity contribution in [3.63, 3.8) is 0 Å². The summed E-state index contributed by atoms with van der Waals surface area (Å²) in [4.78, 5) is 20.3. The smallest absolute Gasteiger partial charge is 0.423 e. The second kappa shape index (κ2) is 7.89. The molecule has 2 heterocycles. The molecule has 9 nitrogen and oxygen atoms in total. The average Bonchev–Trinajstić information content (AvgIpc) is 3.16. The van der Waals surface area contributed by atoms with Gasteiger partial charge in [-0.15, -0.1) is 0 Å². The first kappa shape index (κ1) is 19.5. The number of primary amides is 1. The summed E-state index contributed by atoms with van der Waals surface area (Å²) in [6, 6.07) is 12.4. The molecule has 0 aliphatic rings. The van der Waals surface area contributed by atoms with Crippen LogP contribution >= 0.6 is 0 Å². The van der Waals surface area contributed by atoms with Gasteiger partial charge in [-0.3, -0.25) is 4.79 Å². The van der Waals surface area contributed by atoms with Gasteiger partial charge < -0.3 is 21.1 Å². The van der Waals surface area contributed by atoms with E-state index in [1.807, 2.05) is 0 Å². The molecule has 4 aromatic rings. The molecule has 0 atom stereocenters. The highest BCUT2D eigenvalue weighted by molar-refractivity contribution is 6.61. The molecule has 0 unspecified atom stereocenters. The zero-order valence-electron chi connectivity index (χ0n) is 15.5. The molecule has 11 heteroatoms. The lowest BCUT2D eigenvalue weighted by molar-refractivity contribution is 0.0995. The van der Waals surface area contributed by atoms with Gasteiger partial charge in [-0.1, -0.05) is 24.3 Å². The highest BCUT2D eigenvalue weighted by atomic mass is 19.1. The molecule has 2 aromatic heterocycles. The lowest BCUT2D eigenvalue weighted by Crippen LogP contribution is -2.30. The number of halogens is 1. The van der Waals surface area contributed by atoms with Gasteiger partial charge in [0.25, 0.3) is 11.9 Å². The van der Waals surface area contributed by atoms with E-state index in [9.17, 15) is 19.2 Å². The van der Waals surface area contributed by atoms with Gasteiger partial charge >= 0.3 is 7.12 Å². The molecule has 2 aromatic carbocycles. The Kier molecular flexibility index (Phi) is 5.13. The van der Waals surface area contributed by atoms with Crippen LogP contribution in [0.25, 0.3) is 16.9 Å². The number of anilines is 1. The Morgan fingerprint density at radius 2 is 1.97 bits per heavy atom. The van der Waals surface area contributed by atoms with Crippen molar-refractivity contribution >= 4 is 35.2 Å². The van der Waals surface area contributed by atoms with Crippen molar-refractivity contribution < 1.29 is 19.2 Å². The van der Waals surface area contributed by atoms with Gasteiger partial charge in [-0.25, -0.2) is 9.37 Å². The van der Waals surface area contributed by atoms with Crippen molar-refractivity contribution in [2.75, 3.05) is 5.32 Å². The second-order valence-corrected chi connectivity index (χ2v) is 6.50. The van der Waals surface area contributed by atoms with Gasteiger partial charge in [0, 0.05) is 18.0 Å². The summed E-state index contributed by atoms with van der Waals surface area (Å²) in [7, 11) is -1.67. The molecule has 0 aliphatic carbocycles. The first-order valence-electron chi connectivity index (χ1n) is 8.93. The van der Waals surface area contributed by atoms with Crippen LogP contribution in [0, 0.1) is 5.82 Å². The zero-order valence-corrected chi connectivity index (χ0v) is 15.5. The lowest BCUT2D eigenvalue weighted by Gasteiger charge is -2.10.